The molecule has 1 N–H and O–H groups in total. The van der Waals surface area contributed by atoms with Gasteiger partial charge >= 0.3 is 5.97 Å². The lowest BCUT2D eigenvalue weighted by molar-refractivity contribution is -0.143. The third kappa shape index (κ3) is 2.62. The van der Waals surface area contributed by atoms with Crippen LogP contribution in [0, 0.1) is 0 Å². The molecule has 0 aliphatic rings. The van der Waals surface area contributed by atoms with Crippen LogP contribution in [0.1, 0.15) is 32.6 Å². The lowest BCUT2D eigenvalue weighted by Gasteiger charge is -2.47. The summed E-state index contributed by atoms with van der Waals surface area (Å²) in [5.41, 5.74) is -1.48. The Balaban J connectivity index is 2.29. The minimum Gasteiger partial charge on any atom is -0.479 e. The molecule has 0 radical (unpaired) electrons. The van der Waals surface area contributed by atoms with Crippen LogP contribution in [-0.4, -0.2) is 16.6 Å². The third-order valence-electron chi connectivity index (χ3n) is 4.23. The molecule has 3 nitrogen and oxygen atoms in total. The molecule has 5 heteroatoms. The average Bonchev–Trinajstić information content (AvgIpc) is 3.16. The van der Waals surface area contributed by atoms with E-state index in [1.54, 1.807) is 18.3 Å². The third-order valence-corrected chi connectivity index (χ3v) is 6.31. The van der Waals surface area contributed by atoms with Gasteiger partial charge in [0.15, 0.2) is 5.54 Å². The summed E-state index contributed by atoms with van der Waals surface area (Å²) in [5.74, 6) is -0.836. The lowest BCUT2D eigenvalue weighted by Crippen LogP contribution is -2.57. The Morgan fingerprint density at radius 3 is 2.33 bits per heavy atom. The van der Waals surface area contributed by atoms with Crippen molar-refractivity contribution in [2.45, 2.75) is 38.8 Å². The summed E-state index contributed by atoms with van der Waals surface area (Å²) in [4.78, 5) is 15.3. The van der Waals surface area contributed by atoms with Gasteiger partial charge in [-0.1, -0.05) is 30.3 Å². The van der Waals surface area contributed by atoms with Crippen LogP contribution in [0.25, 0.3) is 10.8 Å². The van der Waals surface area contributed by atoms with E-state index in [-0.39, 0.29) is 5.54 Å². The van der Waals surface area contributed by atoms with Gasteiger partial charge in [-0.25, -0.2) is 4.79 Å². The first kappa shape index (κ1) is 17.0. The first-order valence-electron chi connectivity index (χ1n) is 7.80. The molecule has 126 valence electrons. The Bertz CT molecular complexity index is 861. The number of benzene rings is 1. The largest absolute Gasteiger partial charge is 0.479 e. The van der Waals surface area contributed by atoms with Gasteiger partial charge in [-0.15, -0.1) is 22.7 Å². The molecule has 2 aromatic heterocycles. The van der Waals surface area contributed by atoms with E-state index in [4.69, 9.17) is 0 Å². The van der Waals surface area contributed by atoms with Gasteiger partial charge in [0, 0.05) is 21.2 Å². The lowest BCUT2D eigenvalue weighted by atomic mass is 9.91. The molecule has 0 fully saturated rings. The fourth-order valence-electron chi connectivity index (χ4n) is 3.20. The van der Waals surface area contributed by atoms with E-state index in [0.717, 1.165) is 20.7 Å². The molecule has 3 aromatic rings. The molecule has 0 saturated heterocycles. The second-order valence-corrected chi connectivity index (χ2v) is 8.79. The number of aliphatic carboxylic acids is 1. The van der Waals surface area contributed by atoms with Gasteiger partial charge < -0.3 is 10.0 Å². The number of anilines is 1. The van der Waals surface area contributed by atoms with Gasteiger partial charge in [-0.05, 0) is 44.5 Å². The van der Waals surface area contributed by atoms with Gasteiger partial charge in [-0.2, -0.15) is 0 Å². The van der Waals surface area contributed by atoms with Gasteiger partial charge in [0.25, 0.3) is 0 Å². The summed E-state index contributed by atoms with van der Waals surface area (Å²) in [6.45, 7) is 8.00. The number of carboxylic acid groups (broad SMARTS) is 1. The fourth-order valence-corrected chi connectivity index (χ4v) is 5.38. The number of carboxylic acids is 1. The van der Waals surface area contributed by atoms with E-state index in [1.165, 1.54) is 11.3 Å². The van der Waals surface area contributed by atoms with Crippen molar-refractivity contribution in [3.05, 3.63) is 52.0 Å². The molecule has 2 heterocycles. The van der Waals surface area contributed by atoms with Gasteiger partial charge in [-0.3, -0.25) is 0 Å². The number of rotatable bonds is 4. The van der Waals surface area contributed by atoms with Crippen LogP contribution in [0.4, 0.5) is 5.00 Å². The molecule has 1 atom stereocenters. The van der Waals surface area contributed by atoms with Gasteiger partial charge in [0.2, 0.25) is 0 Å². The highest BCUT2D eigenvalue weighted by molar-refractivity contribution is 7.16. The monoisotopic (exact) mass is 359 g/mol. The van der Waals surface area contributed by atoms with Crippen LogP contribution in [-0.2, 0) is 10.3 Å². The summed E-state index contributed by atoms with van der Waals surface area (Å²) in [6, 6.07) is 12.0. The molecule has 0 bridgehead atoms. The molecule has 0 aliphatic carbocycles. The van der Waals surface area contributed by atoms with Crippen molar-refractivity contribution in [2.24, 2.45) is 0 Å². The second-order valence-electron chi connectivity index (χ2n) is 6.99. The average molecular weight is 360 g/mol. The van der Waals surface area contributed by atoms with Crippen LogP contribution < -0.4 is 4.90 Å². The SMILES string of the molecule is CC(C)(C)N(c1scc2ccccc12)C(C)(C(=O)O)c1cccs1. The number of carbonyl (C=O) groups is 1. The zero-order valence-corrected chi connectivity index (χ0v) is 15.9. The van der Waals surface area contributed by atoms with Gasteiger partial charge in [0.1, 0.15) is 5.00 Å². The maximum atomic E-state index is 12.4. The molecular weight excluding hydrogens is 338 g/mol. The topological polar surface area (TPSA) is 40.5 Å². The van der Waals surface area contributed by atoms with Crippen LogP contribution in [0.2, 0.25) is 0 Å². The zero-order chi connectivity index (χ0) is 17.5. The highest BCUT2D eigenvalue weighted by Gasteiger charge is 2.48. The second kappa shape index (κ2) is 5.90. The molecule has 3 rings (SSSR count). The Morgan fingerprint density at radius 2 is 1.75 bits per heavy atom. The quantitative estimate of drug-likeness (QED) is 0.662. The standard InChI is InChI=1S/C19H21NO2S2/c1-18(2,3)20(16-14-9-6-5-8-13(14)12-24-16)19(4,17(21)22)15-10-7-11-23-15/h5-12H,1-4H3,(H,21,22). The molecule has 1 unspecified atom stereocenters. The van der Waals surface area contributed by atoms with E-state index in [1.807, 2.05) is 29.6 Å². The van der Waals surface area contributed by atoms with E-state index >= 15 is 0 Å². The maximum absolute atomic E-state index is 12.4. The van der Waals surface area contributed by atoms with Gasteiger partial charge in [0.05, 0.1) is 0 Å². The highest BCUT2D eigenvalue weighted by Crippen LogP contribution is 2.46. The first-order chi connectivity index (χ1) is 11.3. The number of nitrogens with zero attached hydrogens (tertiary/aromatic N) is 1. The molecule has 24 heavy (non-hydrogen) atoms. The van der Waals surface area contributed by atoms with Crippen molar-refractivity contribution in [2.75, 3.05) is 4.90 Å². The summed E-state index contributed by atoms with van der Waals surface area (Å²) in [6.07, 6.45) is 0. The summed E-state index contributed by atoms with van der Waals surface area (Å²) in [7, 11) is 0. The molecule has 0 amide bonds. The summed E-state index contributed by atoms with van der Waals surface area (Å²) < 4.78 is 0. The Morgan fingerprint density at radius 1 is 1.04 bits per heavy atom. The van der Waals surface area contributed by atoms with E-state index < -0.39 is 11.5 Å². The highest BCUT2D eigenvalue weighted by atomic mass is 32.1. The molecule has 1 aromatic carbocycles. The van der Waals surface area contributed by atoms with Crippen molar-refractivity contribution in [1.82, 2.24) is 0 Å². The predicted molar refractivity (Wildman–Crippen MR) is 103 cm³/mol. The van der Waals surface area contributed by atoms with E-state index in [0.29, 0.717) is 0 Å². The number of fused-ring (bicyclic) bond motifs is 1. The van der Waals surface area contributed by atoms with Crippen molar-refractivity contribution in [1.29, 1.82) is 0 Å². The Labute approximate surface area is 150 Å². The Kier molecular flexibility index (Phi) is 4.18. The number of hydrogen-bond acceptors (Lipinski definition) is 4. The zero-order valence-electron chi connectivity index (χ0n) is 14.2. The van der Waals surface area contributed by atoms with Crippen LogP contribution in [0.3, 0.4) is 0 Å². The smallest absolute Gasteiger partial charge is 0.334 e. The maximum Gasteiger partial charge on any atom is 0.334 e. The summed E-state index contributed by atoms with van der Waals surface area (Å²) in [5, 5.41) is 17.4. The fraction of sp³-hybridized carbons (Fsp3) is 0.316. The molecule has 0 spiro atoms. The van der Waals surface area contributed by atoms with Crippen LogP contribution in [0.15, 0.2) is 47.2 Å². The van der Waals surface area contributed by atoms with E-state index in [2.05, 4.69) is 43.2 Å². The predicted octanol–water partition coefficient (Wildman–Crippen LogP) is 5.57. The minimum absolute atomic E-state index is 0.356. The van der Waals surface area contributed by atoms with Crippen molar-refractivity contribution in [3.8, 4) is 0 Å². The van der Waals surface area contributed by atoms with Crippen molar-refractivity contribution >= 4 is 44.4 Å². The molecular formula is C19H21NO2S2. The molecule has 0 saturated carbocycles. The number of hydrogen-bond donors (Lipinski definition) is 1. The first-order valence-corrected chi connectivity index (χ1v) is 9.56. The van der Waals surface area contributed by atoms with E-state index in [9.17, 15) is 9.90 Å². The van der Waals surface area contributed by atoms with Crippen LogP contribution >= 0.6 is 22.7 Å². The van der Waals surface area contributed by atoms with Crippen LogP contribution in [0.5, 0.6) is 0 Å². The molecule has 0 aliphatic heterocycles. The normalized spacial score (nSPS) is 14.5. The number of thiophene rings is 2. The minimum atomic E-state index is -1.12. The summed E-state index contributed by atoms with van der Waals surface area (Å²) >= 11 is 3.09. The van der Waals surface area contributed by atoms with Crippen molar-refractivity contribution in [3.63, 3.8) is 0 Å². The Hall–Kier alpha value is -1.85. The van der Waals surface area contributed by atoms with Crippen molar-refractivity contribution < 1.29 is 9.90 Å².